The molecule has 0 bridgehead atoms. The third-order valence-corrected chi connectivity index (χ3v) is 1.79. The van der Waals surface area contributed by atoms with Gasteiger partial charge >= 0.3 is 0 Å². The lowest BCUT2D eigenvalue weighted by Gasteiger charge is -2.13. The summed E-state index contributed by atoms with van der Waals surface area (Å²) in [4.78, 5) is 23.2. The Morgan fingerprint density at radius 2 is 1.79 bits per heavy atom. The second kappa shape index (κ2) is 5.51. The van der Waals surface area contributed by atoms with Crippen molar-refractivity contribution in [2.24, 2.45) is 0 Å². The fourth-order valence-corrected chi connectivity index (χ4v) is 1.05. The normalized spacial score (nSPS) is 15.6. The van der Waals surface area contributed by atoms with Crippen LogP contribution in [0.25, 0.3) is 0 Å². The molecule has 0 aromatic heterocycles. The van der Waals surface area contributed by atoms with E-state index in [1.54, 1.807) is 7.11 Å². The second-order valence-corrected chi connectivity index (χ2v) is 2.77. The van der Waals surface area contributed by atoms with Crippen molar-refractivity contribution >= 4 is 11.8 Å². The van der Waals surface area contributed by atoms with E-state index in [1.165, 1.54) is 12.2 Å². The first kappa shape index (κ1) is 10.9. The Labute approximate surface area is 82.3 Å². The fraction of sp³-hybridized carbons (Fsp3) is 0.556. The standard InChI is InChI=1S/C9H13NO4/c1-13-6-7-14-5-4-10-8(11)2-3-9(10)12/h2-3H,4-7H2,1H3. The van der Waals surface area contributed by atoms with Crippen LogP contribution in [0.5, 0.6) is 0 Å². The Kier molecular flexibility index (Phi) is 4.28. The minimum atomic E-state index is -0.273. The van der Waals surface area contributed by atoms with E-state index in [4.69, 9.17) is 9.47 Å². The highest BCUT2D eigenvalue weighted by molar-refractivity contribution is 6.12. The Morgan fingerprint density at radius 3 is 2.36 bits per heavy atom. The summed E-state index contributed by atoms with van der Waals surface area (Å²) < 4.78 is 9.91. The largest absolute Gasteiger partial charge is 0.382 e. The molecule has 0 spiro atoms. The smallest absolute Gasteiger partial charge is 0.253 e. The maximum absolute atomic E-state index is 11.0. The van der Waals surface area contributed by atoms with Gasteiger partial charge in [-0.15, -0.1) is 0 Å². The van der Waals surface area contributed by atoms with E-state index in [1.807, 2.05) is 0 Å². The molecule has 1 heterocycles. The van der Waals surface area contributed by atoms with E-state index in [2.05, 4.69) is 0 Å². The Morgan fingerprint density at radius 1 is 1.14 bits per heavy atom. The Bertz CT molecular complexity index is 231. The lowest BCUT2D eigenvalue weighted by Crippen LogP contribution is -2.33. The van der Waals surface area contributed by atoms with Gasteiger partial charge in [0, 0.05) is 19.3 Å². The number of rotatable bonds is 6. The molecule has 1 rings (SSSR count). The number of imide groups is 1. The van der Waals surface area contributed by atoms with E-state index >= 15 is 0 Å². The van der Waals surface area contributed by atoms with Gasteiger partial charge in [0.05, 0.1) is 26.4 Å². The monoisotopic (exact) mass is 199 g/mol. The lowest BCUT2D eigenvalue weighted by atomic mass is 10.5. The number of nitrogens with zero attached hydrogens (tertiary/aromatic N) is 1. The molecule has 5 nitrogen and oxygen atoms in total. The molecular weight excluding hydrogens is 186 g/mol. The van der Waals surface area contributed by atoms with Crippen LogP contribution >= 0.6 is 0 Å². The molecule has 0 radical (unpaired) electrons. The van der Waals surface area contributed by atoms with Crippen molar-refractivity contribution in [2.75, 3.05) is 33.5 Å². The number of methoxy groups -OCH3 is 1. The van der Waals surface area contributed by atoms with Crippen molar-refractivity contribution in [1.82, 2.24) is 4.90 Å². The zero-order valence-electron chi connectivity index (χ0n) is 8.06. The quantitative estimate of drug-likeness (QED) is 0.430. The van der Waals surface area contributed by atoms with Gasteiger partial charge in [-0.2, -0.15) is 0 Å². The van der Waals surface area contributed by atoms with Crippen molar-refractivity contribution in [1.29, 1.82) is 0 Å². The second-order valence-electron chi connectivity index (χ2n) is 2.77. The molecule has 0 N–H and O–H groups in total. The maximum atomic E-state index is 11.0. The molecule has 0 aromatic rings. The van der Waals surface area contributed by atoms with Gasteiger partial charge in [-0.05, 0) is 0 Å². The molecule has 14 heavy (non-hydrogen) atoms. The topological polar surface area (TPSA) is 55.8 Å². The molecular formula is C9H13NO4. The van der Waals surface area contributed by atoms with Gasteiger partial charge in [-0.1, -0.05) is 0 Å². The molecule has 0 saturated carbocycles. The fourth-order valence-electron chi connectivity index (χ4n) is 1.05. The highest BCUT2D eigenvalue weighted by atomic mass is 16.5. The Balaban J connectivity index is 2.13. The van der Waals surface area contributed by atoms with Gasteiger partial charge in [0.1, 0.15) is 0 Å². The molecule has 1 aliphatic heterocycles. The first-order valence-corrected chi connectivity index (χ1v) is 4.36. The zero-order valence-corrected chi connectivity index (χ0v) is 8.06. The number of ether oxygens (including phenoxy) is 2. The summed E-state index contributed by atoms with van der Waals surface area (Å²) in [5.74, 6) is -0.546. The highest BCUT2D eigenvalue weighted by Gasteiger charge is 2.22. The molecule has 0 fully saturated rings. The average Bonchev–Trinajstić information content (AvgIpc) is 2.48. The predicted octanol–water partition coefficient (Wildman–Crippen LogP) is -0.426. The van der Waals surface area contributed by atoms with Crippen LogP contribution in [0, 0.1) is 0 Å². The van der Waals surface area contributed by atoms with Gasteiger partial charge in [0.2, 0.25) is 0 Å². The first-order valence-electron chi connectivity index (χ1n) is 4.36. The summed E-state index contributed by atoms with van der Waals surface area (Å²) in [5, 5.41) is 0. The van der Waals surface area contributed by atoms with Crippen molar-refractivity contribution < 1.29 is 19.1 Å². The Hall–Kier alpha value is -1.20. The van der Waals surface area contributed by atoms with E-state index < -0.39 is 0 Å². The van der Waals surface area contributed by atoms with E-state index in [9.17, 15) is 9.59 Å². The molecule has 0 aliphatic carbocycles. The highest BCUT2D eigenvalue weighted by Crippen LogP contribution is 2.02. The lowest BCUT2D eigenvalue weighted by molar-refractivity contribution is -0.137. The summed E-state index contributed by atoms with van der Waals surface area (Å²) in [6, 6.07) is 0. The first-order chi connectivity index (χ1) is 6.75. The summed E-state index contributed by atoms with van der Waals surface area (Å²) in [6.07, 6.45) is 2.52. The predicted molar refractivity (Wildman–Crippen MR) is 48.6 cm³/mol. The molecule has 2 amide bonds. The minimum absolute atomic E-state index is 0.273. The third kappa shape index (κ3) is 2.93. The number of hydrogen-bond donors (Lipinski definition) is 0. The van der Waals surface area contributed by atoms with E-state index in [0.29, 0.717) is 26.4 Å². The van der Waals surface area contributed by atoms with Crippen molar-refractivity contribution in [3.05, 3.63) is 12.2 Å². The summed E-state index contributed by atoms with van der Waals surface area (Å²) in [5.41, 5.74) is 0. The number of amides is 2. The van der Waals surface area contributed by atoms with Crippen LogP contribution in [-0.4, -0.2) is 50.2 Å². The van der Waals surface area contributed by atoms with Gasteiger partial charge in [-0.25, -0.2) is 0 Å². The van der Waals surface area contributed by atoms with Crippen LogP contribution in [0.2, 0.25) is 0 Å². The average molecular weight is 199 g/mol. The van der Waals surface area contributed by atoms with Crippen molar-refractivity contribution in [3.8, 4) is 0 Å². The van der Waals surface area contributed by atoms with E-state index in [-0.39, 0.29) is 11.8 Å². The van der Waals surface area contributed by atoms with Crippen LogP contribution < -0.4 is 0 Å². The molecule has 78 valence electrons. The molecule has 0 saturated heterocycles. The zero-order chi connectivity index (χ0) is 10.4. The third-order valence-electron chi connectivity index (χ3n) is 1.79. The number of hydrogen-bond acceptors (Lipinski definition) is 4. The van der Waals surface area contributed by atoms with Crippen LogP contribution in [0.15, 0.2) is 12.2 Å². The molecule has 0 atom stereocenters. The molecule has 0 aromatic carbocycles. The number of carbonyl (C=O) groups excluding carboxylic acids is 2. The molecule has 0 unspecified atom stereocenters. The van der Waals surface area contributed by atoms with E-state index in [0.717, 1.165) is 4.90 Å². The van der Waals surface area contributed by atoms with Crippen molar-refractivity contribution in [3.63, 3.8) is 0 Å². The van der Waals surface area contributed by atoms with Gasteiger partial charge in [0.15, 0.2) is 0 Å². The van der Waals surface area contributed by atoms with Gasteiger partial charge < -0.3 is 9.47 Å². The molecule has 1 aliphatic rings. The summed E-state index contributed by atoms with van der Waals surface area (Å²) in [7, 11) is 1.58. The minimum Gasteiger partial charge on any atom is -0.382 e. The molecule has 5 heteroatoms. The van der Waals surface area contributed by atoms with Gasteiger partial charge in [0.25, 0.3) is 11.8 Å². The van der Waals surface area contributed by atoms with Crippen molar-refractivity contribution in [2.45, 2.75) is 0 Å². The van der Waals surface area contributed by atoms with Crippen LogP contribution in [-0.2, 0) is 19.1 Å². The van der Waals surface area contributed by atoms with Crippen LogP contribution in [0.4, 0.5) is 0 Å². The number of carbonyl (C=O) groups is 2. The van der Waals surface area contributed by atoms with Crippen LogP contribution in [0.1, 0.15) is 0 Å². The van der Waals surface area contributed by atoms with Gasteiger partial charge in [-0.3, -0.25) is 14.5 Å². The van der Waals surface area contributed by atoms with Crippen LogP contribution in [0.3, 0.4) is 0 Å². The summed E-state index contributed by atoms with van der Waals surface area (Å²) in [6.45, 7) is 1.64. The SMILES string of the molecule is COCCOCCN1C(=O)C=CC1=O. The maximum Gasteiger partial charge on any atom is 0.253 e. The summed E-state index contributed by atoms with van der Waals surface area (Å²) >= 11 is 0.